The fourth-order valence-corrected chi connectivity index (χ4v) is 2.47. The zero-order valence-electron chi connectivity index (χ0n) is 15.4. The lowest BCUT2D eigenvalue weighted by Gasteiger charge is -2.20. The van der Waals surface area contributed by atoms with Gasteiger partial charge in [0.05, 0.1) is 12.8 Å². The first-order valence-electron chi connectivity index (χ1n) is 8.74. The van der Waals surface area contributed by atoms with Crippen LogP contribution in [-0.2, 0) is 4.79 Å². The van der Waals surface area contributed by atoms with Crippen LogP contribution in [0.3, 0.4) is 0 Å². The highest BCUT2D eigenvalue weighted by Gasteiger charge is 2.08. The lowest BCUT2D eigenvalue weighted by Crippen LogP contribution is -2.34. The van der Waals surface area contributed by atoms with Crippen molar-refractivity contribution in [1.82, 2.24) is 10.7 Å². The standard InChI is InChI=1S/C20H23FN4O2/c1-3-25(4-2)18-10-8-15(9-11-18)13-23-24-19(26)14-22-20(27)16-6-5-7-17(21)12-16/h5-13H,3-4,14H2,1-2H3,(H,22,27)(H,24,26)/b23-13-. The molecule has 0 aromatic heterocycles. The smallest absolute Gasteiger partial charge is 0.259 e. The molecule has 0 aliphatic heterocycles. The highest BCUT2D eigenvalue weighted by Crippen LogP contribution is 2.13. The number of nitrogens with one attached hydrogen (secondary N) is 2. The van der Waals surface area contributed by atoms with Crippen molar-refractivity contribution in [2.45, 2.75) is 13.8 Å². The maximum atomic E-state index is 13.1. The molecule has 6 nitrogen and oxygen atoms in total. The predicted molar refractivity (Wildman–Crippen MR) is 104 cm³/mol. The Kier molecular flexibility index (Phi) is 7.49. The lowest BCUT2D eigenvalue weighted by molar-refractivity contribution is -0.120. The Bertz CT molecular complexity index is 802. The first-order valence-corrected chi connectivity index (χ1v) is 8.74. The summed E-state index contributed by atoms with van der Waals surface area (Å²) in [6.07, 6.45) is 1.53. The van der Waals surface area contributed by atoms with Crippen LogP contribution in [0.25, 0.3) is 0 Å². The molecule has 0 spiro atoms. The van der Waals surface area contributed by atoms with Crippen LogP contribution >= 0.6 is 0 Å². The van der Waals surface area contributed by atoms with Crippen molar-refractivity contribution in [3.63, 3.8) is 0 Å². The van der Waals surface area contributed by atoms with E-state index in [4.69, 9.17) is 0 Å². The van der Waals surface area contributed by atoms with E-state index >= 15 is 0 Å². The van der Waals surface area contributed by atoms with Crippen molar-refractivity contribution in [1.29, 1.82) is 0 Å². The second kappa shape index (κ2) is 10.1. The maximum Gasteiger partial charge on any atom is 0.259 e. The zero-order valence-corrected chi connectivity index (χ0v) is 15.4. The molecule has 0 fully saturated rings. The van der Waals surface area contributed by atoms with E-state index in [2.05, 4.69) is 34.6 Å². The molecule has 0 unspecified atom stereocenters. The van der Waals surface area contributed by atoms with Gasteiger partial charge in [0, 0.05) is 24.3 Å². The van der Waals surface area contributed by atoms with E-state index in [0.29, 0.717) is 0 Å². The molecule has 0 heterocycles. The molecule has 7 heteroatoms. The molecule has 0 radical (unpaired) electrons. The third kappa shape index (κ3) is 6.22. The monoisotopic (exact) mass is 370 g/mol. The van der Waals surface area contributed by atoms with E-state index in [-0.39, 0.29) is 12.1 Å². The third-order valence-electron chi connectivity index (χ3n) is 3.92. The Hall–Kier alpha value is -3.22. The summed E-state index contributed by atoms with van der Waals surface area (Å²) in [5, 5.41) is 6.28. The number of hydrogen-bond donors (Lipinski definition) is 2. The normalized spacial score (nSPS) is 10.6. The summed E-state index contributed by atoms with van der Waals surface area (Å²) in [6, 6.07) is 13.1. The maximum absolute atomic E-state index is 13.1. The molecule has 0 atom stereocenters. The van der Waals surface area contributed by atoms with Crippen molar-refractivity contribution in [2.75, 3.05) is 24.5 Å². The van der Waals surface area contributed by atoms with Crippen molar-refractivity contribution >= 4 is 23.7 Å². The number of carbonyl (C=O) groups is 2. The molecule has 0 saturated heterocycles. The largest absolute Gasteiger partial charge is 0.372 e. The number of carbonyl (C=O) groups excluding carboxylic acids is 2. The predicted octanol–water partition coefficient (Wildman–Crippen LogP) is 2.55. The molecule has 2 rings (SSSR count). The highest BCUT2D eigenvalue weighted by molar-refractivity contribution is 5.96. The molecule has 0 aliphatic carbocycles. The number of rotatable bonds is 8. The molecule has 2 aromatic carbocycles. The van der Waals surface area contributed by atoms with Crippen molar-refractivity contribution in [3.05, 3.63) is 65.5 Å². The van der Waals surface area contributed by atoms with Gasteiger partial charge in [-0.3, -0.25) is 9.59 Å². The van der Waals surface area contributed by atoms with Gasteiger partial charge in [-0.1, -0.05) is 18.2 Å². The minimum absolute atomic E-state index is 0.152. The van der Waals surface area contributed by atoms with Gasteiger partial charge in [-0.25, -0.2) is 9.82 Å². The van der Waals surface area contributed by atoms with Gasteiger partial charge in [-0.05, 0) is 49.7 Å². The van der Waals surface area contributed by atoms with Crippen LogP contribution in [0, 0.1) is 5.82 Å². The number of benzene rings is 2. The number of hydrogen-bond acceptors (Lipinski definition) is 4. The summed E-state index contributed by atoms with van der Waals surface area (Å²) in [5.41, 5.74) is 4.46. The van der Waals surface area contributed by atoms with Crippen LogP contribution in [0.4, 0.5) is 10.1 Å². The topological polar surface area (TPSA) is 73.8 Å². The quantitative estimate of drug-likeness (QED) is 0.554. The van der Waals surface area contributed by atoms with Crippen molar-refractivity contribution < 1.29 is 14.0 Å². The molecule has 0 saturated carbocycles. The van der Waals surface area contributed by atoms with Crippen LogP contribution < -0.4 is 15.6 Å². The summed E-state index contributed by atoms with van der Waals surface area (Å²) in [4.78, 5) is 25.8. The fourth-order valence-electron chi connectivity index (χ4n) is 2.47. The van der Waals surface area contributed by atoms with Crippen LogP contribution in [0.2, 0.25) is 0 Å². The Morgan fingerprint density at radius 2 is 1.81 bits per heavy atom. The van der Waals surface area contributed by atoms with E-state index in [9.17, 15) is 14.0 Å². The number of hydrazone groups is 1. The molecular weight excluding hydrogens is 347 g/mol. The summed E-state index contributed by atoms with van der Waals surface area (Å²) in [6.45, 7) is 5.80. The van der Waals surface area contributed by atoms with Gasteiger partial charge in [0.1, 0.15) is 5.82 Å². The van der Waals surface area contributed by atoms with E-state index in [1.165, 1.54) is 24.4 Å². The average Bonchev–Trinajstić information content (AvgIpc) is 2.68. The molecule has 27 heavy (non-hydrogen) atoms. The Balaban J connectivity index is 1.80. The van der Waals surface area contributed by atoms with E-state index in [1.54, 1.807) is 0 Å². The Morgan fingerprint density at radius 3 is 2.44 bits per heavy atom. The van der Waals surface area contributed by atoms with E-state index in [0.717, 1.165) is 30.4 Å². The van der Waals surface area contributed by atoms with Gasteiger partial charge >= 0.3 is 0 Å². The van der Waals surface area contributed by atoms with Gasteiger partial charge < -0.3 is 10.2 Å². The summed E-state index contributed by atoms with van der Waals surface area (Å²) in [7, 11) is 0. The molecule has 0 bridgehead atoms. The lowest BCUT2D eigenvalue weighted by atomic mass is 10.2. The number of anilines is 1. The van der Waals surface area contributed by atoms with Crippen molar-refractivity contribution in [2.24, 2.45) is 5.10 Å². The second-order valence-corrected chi connectivity index (χ2v) is 5.75. The molecule has 2 amide bonds. The number of amides is 2. The van der Waals surface area contributed by atoms with Crippen LogP contribution in [-0.4, -0.2) is 37.7 Å². The highest BCUT2D eigenvalue weighted by atomic mass is 19.1. The van der Waals surface area contributed by atoms with Gasteiger partial charge in [0.15, 0.2) is 0 Å². The Morgan fingerprint density at radius 1 is 1.11 bits per heavy atom. The number of nitrogens with zero attached hydrogens (tertiary/aromatic N) is 2. The van der Waals surface area contributed by atoms with E-state index in [1.807, 2.05) is 24.3 Å². The van der Waals surface area contributed by atoms with Gasteiger partial charge in [-0.15, -0.1) is 0 Å². The first kappa shape index (κ1) is 20.1. The number of halogens is 1. The summed E-state index contributed by atoms with van der Waals surface area (Å²) in [5.74, 6) is -1.51. The van der Waals surface area contributed by atoms with Gasteiger partial charge in [0.25, 0.3) is 11.8 Å². The third-order valence-corrected chi connectivity index (χ3v) is 3.92. The molecular formula is C20H23FN4O2. The van der Waals surface area contributed by atoms with Crippen LogP contribution in [0.1, 0.15) is 29.8 Å². The Labute approximate surface area is 158 Å². The zero-order chi connectivity index (χ0) is 19.6. The second-order valence-electron chi connectivity index (χ2n) is 5.75. The molecule has 142 valence electrons. The molecule has 2 aromatic rings. The average molecular weight is 370 g/mol. The molecule has 2 N–H and O–H groups in total. The van der Waals surface area contributed by atoms with Gasteiger partial charge in [-0.2, -0.15) is 5.10 Å². The minimum atomic E-state index is -0.527. The summed E-state index contributed by atoms with van der Waals surface area (Å²) < 4.78 is 13.1. The van der Waals surface area contributed by atoms with Crippen LogP contribution in [0.15, 0.2) is 53.6 Å². The van der Waals surface area contributed by atoms with E-state index < -0.39 is 17.6 Å². The first-order chi connectivity index (χ1) is 13.0. The molecule has 0 aliphatic rings. The minimum Gasteiger partial charge on any atom is -0.372 e. The summed E-state index contributed by atoms with van der Waals surface area (Å²) >= 11 is 0. The van der Waals surface area contributed by atoms with Crippen LogP contribution in [0.5, 0.6) is 0 Å². The van der Waals surface area contributed by atoms with Gasteiger partial charge in [0.2, 0.25) is 0 Å². The fraction of sp³-hybridized carbons (Fsp3) is 0.250. The van der Waals surface area contributed by atoms with Crippen molar-refractivity contribution in [3.8, 4) is 0 Å². The SMILES string of the molecule is CCN(CC)c1ccc(/C=N\NC(=O)CNC(=O)c2cccc(F)c2)cc1.